The molecule has 0 fully saturated rings. The van der Waals surface area contributed by atoms with Gasteiger partial charge in [0.1, 0.15) is 6.07 Å². The summed E-state index contributed by atoms with van der Waals surface area (Å²) in [7, 11) is 1.71. The predicted molar refractivity (Wildman–Crippen MR) is 65.5 cm³/mol. The molecule has 1 N–H and O–H groups in total. The van der Waals surface area contributed by atoms with E-state index in [0.717, 1.165) is 37.2 Å². The van der Waals surface area contributed by atoms with Gasteiger partial charge < -0.3 is 10.1 Å². The van der Waals surface area contributed by atoms with Gasteiger partial charge in [-0.15, -0.1) is 0 Å². The molecule has 0 atom stereocenters. The van der Waals surface area contributed by atoms with Crippen LogP contribution in [0.25, 0.3) is 0 Å². The van der Waals surface area contributed by atoms with Crippen LogP contribution in [-0.2, 0) is 4.74 Å². The highest BCUT2D eigenvalue weighted by atomic mass is 16.5. The number of unbranched alkanes of at least 4 members (excludes halogenated alkanes) is 1. The van der Waals surface area contributed by atoms with Crippen LogP contribution >= 0.6 is 0 Å². The molecule has 0 aromatic heterocycles. The summed E-state index contributed by atoms with van der Waals surface area (Å²) in [5.74, 6) is 0. The summed E-state index contributed by atoms with van der Waals surface area (Å²) in [6.45, 7) is 3.68. The number of ether oxygens (including phenoxy) is 1. The lowest BCUT2D eigenvalue weighted by molar-refractivity contribution is 0.194. The number of benzene rings is 1. The monoisotopic (exact) mass is 218 g/mol. The minimum Gasteiger partial charge on any atom is -0.385 e. The van der Waals surface area contributed by atoms with Crippen LogP contribution in [0.5, 0.6) is 0 Å². The number of nitriles is 1. The summed E-state index contributed by atoms with van der Waals surface area (Å²) in [5, 5.41) is 12.3. The molecule has 0 radical (unpaired) electrons. The van der Waals surface area contributed by atoms with E-state index in [4.69, 9.17) is 10.00 Å². The molecule has 3 heteroatoms. The maximum absolute atomic E-state index is 8.97. The Bertz CT molecular complexity index is 369. The number of anilines is 1. The molecular formula is C13H18N2O. The molecular weight excluding hydrogens is 200 g/mol. The Balaban J connectivity index is 2.50. The summed E-state index contributed by atoms with van der Waals surface area (Å²) in [4.78, 5) is 0. The highest BCUT2D eigenvalue weighted by molar-refractivity contribution is 5.62. The van der Waals surface area contributed by atoms with Crippen LogP contribution < -0.4 is 5.32 Å². The summed E-state index contributed by atoms with van der Waals surface area (Å²) in [5.41, 5.74) is 2.79. The molecule has 1 aromatic carbocycles. The Hall–Kier alpha value is -1.53. The van der Waals surface area contributed by atoms with Crippen LogP contribution in [0.1, 0.15) is 24.0 Å². The first-order valence-electron chi connectivity index (χ1n) is 5.52. The highest BCUT2D eigenvalue weighted by Crippen LogP contribution is 2.19. The first-order valence-corrected chi connectivity index (χ1v) is 5.52. The van der Waals surface area contributed by atoms with Gasteiger partial charge in [0.05, 0.1) is 11.3 Å². The Morgan fingerprint density at radius 1 is 1.38 bits per heavy atom. The molecule has 0 aliphatic rings. The minimum absolute atomic E-state index is 0.715. The second-order valence-corrected chi connectivity index (χ2v) is 3.74. The van der Waals surface area contributed by atoms with Gasteiger partial charge in [-0.3, -0.25) is 0 Å². The number of nitrogens with one attached hydrogen (secondary N) is 1. The number of nitrogens with zero attached hydrogens (tertiary/aromatic N) is 1. The van der Waals surface area contributed by atoms with E-state index in [0.29, 0.717) is 5.56 Å². The van der Waals surface area contributed by atoms with Gasteiger partial charge in [-0.2, -0.15) is 5.26 Å². The molecule has 1 rings (SSSR count). The average Bonchev–Trinajstić information content (AvgIpc) is 2.30. The van der Waals surface area contributed by atoms with Crippen LogP contribution in [0.15, 0.2) is 18.2 Å². The fourth-order valence-corrected chi connectivity index (χ4v) is 1.58. The minimum atomic E-state index is 0.715. The standard InChI is InChI=1S/C13H18N2O/c1-11-6-5-7-12(10-14)13(11)15-8-3-4-9-16-2/h5-7,15H,3-4,8-9H2,1-2H3. The summed E-state index contributed by atoms with van der Waals surface area (Å²) in [6.07, 6.45) is 2.09. The third kappa shape index (κ3) is 3.56. The largest absolute Gasteiger partial charge is 0.385 e. The van der Waals surface area contributed by atoms with E-state index in [1.165, 1.54) is 0 Å². The Kier molecular flexibility index (Phi) is 5.38. The van der Waals surface area contributed by atoms with Gasteiger partial charge >= 0.3 is 0 Å². The van der Waals surface area contributed by atoms with Crippen LogP contribution in [0.2, 0.25) is 0 Å². The van der Waals surface area contributed by atoms with Crippen molar-refractivity contribution in [1.82, 2.24) is 0 Å². The van der Waals surface area contributed by atoms with Gasteiger partial charge in [-0.1, -0.05) is 12.1 Å². The molecule has 1 aromatic rings. The van der Waals surface area contributed by atoms with Crippen LogP contribution in [0.3, 0.4) is 0 Å². The van der Waals surface area contributed by atoms with E-state index in [9.17, 15) is 0 Å². The molecule has 0 amide bonds. The van der Waals surface area contributed by atoms with Gasteiger partial charge in [0.2, 0.25) is 0 Å². The second-order valence-electron chi connectivity index (χ2n) is 3.74. The Labute approximate surface area is 97.0 Å². The summed E-state index contributed by atoms with van der Waals surface area (Å²) >= 11 is 0. The van der Waals surface area contributed by atoms with Crippen molar-refractivity contribution in [3.05, 3.63) is 29.3 Å². The van der Waals surface area contributed by atoms with Crippen molar-refractivity contribution in [2.45, 2.75) is 19.8 Å². The number of rotatable bonds is 6. The van der Waals surface area contributed by atoms with Crippen molar-refractivity contribution in [2.75, 3.05) is 25.6 Å². The van der Waals surface area contributed by atoms with Gasteiger partial charge in [0.15, 0.2) is 0 Å². The molecule has 0 aliphatic carbocycles. The number of aryl methyl sites for hydroxylation is 1. The molecule has 0 spiro atoms. The van der Waals surface area contributed by atoms with E-state index < -0.39 is 0 Å². The van der Waals surface area contributed by atoms with Gasteiger partial charge in [0.25, 0.3) is 0 Å². The smallest absolute Gasteiger partial charge is 0.101 e. The van der Waals surface area contributed by atoms with Crippen molar-refractivity contribution >= 4 is 5.69 Å². The molecule has 16 heavy (non-hydrogen) atoms. The van der Waals surface area contributed by atoms with Crippen molar-refractivity contribution in [3.8, 4) is 6.07 Å². The molecule has 0 bridgehead atoms. The molecule has 86 valence electrons. The SMILES string of the molecule is COCCCCNc1c(C)cccc1C#N. The lowest BCUT2D eigenvalue weighted by Crippen LogP contribution is -2.05. The van der Waals surface area contributed by atoms with Crippen molar-refractivity contribution in [3.63, 3.8) is 0 Å². The maximum Gasteiger partial charge on any atom is 0.101 e. The van der Waals surface area contributed by atoms with E-state index in [-0.39, 0.29) is 0 Å². The first kappa shape index (κ1) is 12.5. The summed E-state index contributed by atoms with van der Waals surface area (Å²) in [6, 6.07) is 7.96. The fraction of sp³-hybridized carbons (Fsp3) is 0.462. The number of hydrogen-bond acceptors (Lipinski definition) is 3. The van der Waals surface area contributed by atoms with Crippen LogP contribution in [0, 0.1) is 18.3 Å². The normalized spacial score (nSPS) is 9.81. The quantitative estimate of drug-likeness (QED) is 0.747. The maximum atomic E-state index is 8.97. The van der Waals surface area contributed by atoms with Crippen LogP contribution in [-0.4, -0.2) is 20.3 Å². The van der Waals surface area contributed by atoms with Crippen LogP contribution in [0.4, 0.5) is 5.69 Å². The number of hydrogen-bond donors (Lipinski definition) is 1. The number of para-hydroxylation sites is 1. The topological polar surface area (TPSA) is 45.0 Å². The third-order valence-electron chi connectivity index (χ3n) is 2.47. The average molecular weight is 218 g/mol. The van der Waals surface area contributed by atoms with E-state index in [1.807, 2.05) is 25.1 Å². The zero-order chi connectivity index (χ0) is 11.8. The molecule has 0 saturated heterocycles. The van der Waals surface area contributed by atoms with Gasteiger partial charge in [-0.05, 0) is 31.4 Å². The predicted octanol–water partition coefficient (Wildman–Crippen LogP) is 2.71. The molecule has 0 aliphatic heterocycles. The Morgan fingerprint density at radius 3 is 2.88 bits per heavy atom. The molecule has 0 unspecified atom stereocenters. The molecule has 0 heterocycles. The van der Waals surface area contributed by atoms with Crippen molar-refractivity contribution in [1.29, 1.82) is 5.26 Å². The second kappa shape index (κ2) is 6.86. The summed E-state index contributed by atoms with van der Waals surface area (Å²) < 4.78 is 4.98. The molecule has 0 saturated carbocycles. The van der Waals surface area contributed by atoms with E-state index in [1.54, 1.807) is 7.11 Å². The van der Waals surface area contributed by atoms with E-state index in [2.05, 4.69) is 11.4 Å². The Morgan fingerprint density at radius 2 is 2.19 bits per heavy atom. The van der Waals surface area contributed by atoms with Gasteiger partial charge in [-0.25, -0.2) is 0 Å². The highest BCUT2D eigenvalue weighted by Gasteiger charge is 2.03. The zero-order valence-electron chi connectivity index (χ0n) is 9.92. The number of methoxy groups -OCH3 is 1. The third-order valence-corrected chi connectivity index (χ3v) is 2.47. The van der Waals surface area contributed by atoms with Gasteiger partial charge in [0, 0.05) is 20.3 Å². The van der Waals surface area contributed by atoms with Crippen molar-refractivity contribution < 1.29 is 4.74 Å². The molecule has 3 nitrogen and oxygen atoms in total. The fourth-order valence-electron chi connectivity index (χ4n) is 1.58. The van der Waals surface area contributed by atoms with Crippen molar-refractivity contribution in [2.24, 2.45) is 0 Å². The van der Waals surface area contributed by atoms with E-state index >= 15 is 0 Å². The lowest BCUT2D eigenvalue weighted by Gasteiger charge is -2.10. The zero-order valence-corrected chi connectivity index (χ0v) is 9.92. The lowest BCUT2D eigenvalue weighted by atomic mass is 10.1. The first-order chi connectivity index (χ1) is 7.79.